The van der Waals surface area contributed by atoms with E-state index >= 15 is 0 Å². The molecule has 3 rings (SSSR count). The molecule has 0 bridgehead atoms. The third-order valence-electron chi connectivity index (χ3n) is 6.14. The quantitative estimate of drug-likeness (QED) is 0.409. The van der Waals surface area contributed by atoms with E-state index in [2.05, 4.69) is 5.32 Å². The smallest absolute Gasteiger partial charge is 0.264 e. The monoisotopic (exact) mass is 539 g/mol. The van der Waals surface area contributed by atoms with Gasteiger partial charge in [0.25, 0.3) is 10.0 Å². The van der Waals surface area contributed by atoms with Crippen LogP contribution in [0.15, 0.2) is 77.7 Å². The molecule has 0 aromatic heterocycles. The molecule has 3 aromatic carbocycles. The first-order valence-electron chi connectivity index (χ1n) is 12.4. The Kier molecular flexibility index (Phi) is 9.27. The van der Waals surface area contributed by atoms with Gasteiger partial charge in [0.15, 0.2) is 0 Å². The number of amides is 2. The maximum Gasteiger partial charge on any atom is 0.264 e. The minimum absolute atomic E-state index is 0.0277. The van der Waals surface area contributed by atoms with Gasteiger partial charge in [-0.25, -0.2) is 12.8 Å². The Labute approximate surface area is 224 Å². The normalized spacial score (nSPS) is 12.2. The van der Waals surface area contributed by atoms with Crippen molar-refractivity contribution in [3.8, 4) is 0 Å². The van der Waals surface area contributed by atoms with Crippen LogP contribution in [0.1, 0.15) is 37.5 Å². The molecule has 0 fully saturated rings. The summed E-state index contributed by atoms with van der Waals surface area (Å²) in [5.41, 5.74) is 2.05. The van der Waals surface area contributed by atoms with Gasteiger partial charge < -0.3 is 10.2 Å². The van der Waals surface area contributed by atoms with E-state index in [-0.39, 0.29) is 23.0 Å². The lowest BCUT2D eigenvalue weighted by molar-refractivity contribution is -0.139. The maximum absolute atomic E-state index is 14.6. The number of hydrogen-bond acceptors (Lipinski definition) is 4. The van der Waals surface area contributed by atoms with Crippen LogP contribution in [0.25, 0.3) is 0 Å². The third kappa shape index (κ3) is 6.77. The first-order valence-corrected chi connectivity index (χ1v) is 13.8. The van der Waals surface area contributed by atoms with Crippen molar-refractivity contribution in [2.75, 3.05) is 10.8 Å². The van der Waals surface area contributed by atoms with Crippen molar-refractivity contribution in [1.29, 1.82) is 0 Å². The molecule has 0 aliphatic carbocycles. The van der Waals surface area contributed by atoms with Gasteiger partial charge in [0.2, 0.25) is 11.8 Å². The molecule has 9 heteroatoms. The zero-order valence-electron chi connectivity index (χ0n) is 22.3. The lowest BCUT2D eigenvalue weighted by Crippen LogP contribution is -2.52. The van der Waals surface area contributed by atoms with Crippen LogP contribution in [0.2, 0.25) is 0 Å². The fourth-order valence-electron chi connectivity index (χ4n) is 4.02. The summed E-state index contributed by atoms with van der Waals surface area (Å²) in [5.74, 6) is -1.58. The molecular weight excluding hydrogens is 505 g/mol. The Bertz CT molecular complexity index is 1390. The number of nitrogens with one attached hydrogen (secondary N) is 1. The van der Waals surface area contributed by atoms with Crippen LogP contribution < -0.4 is 9.62 Å². The number of carbonyl (C=O) groups is 2. The van der Waals surface area contributed by atoms with Crippen LogP contribution in [0.3, 0.4) is 0 Å². The summed E-state index contributed by atoms with van der Waals surface area (Å²) in [6.07, 6.45) is 0. The molecule has 1 atom stereocenters. The van der Waals surface area contributed by atoms with Crippen molar-refractivity contribution in [2.24, 2.45) is 0 Å². The highest BCUT2D eigenvalue weighted by molar-refractivity contribution is 7.92. The van der Waals surface area contributed by atoms with Crippen molar-refractivity contribution in [2.45, 2.75) is 58.1 Å². The van der Waals surface area contributed by atoms with Crippen LogP contribution in [-0.2, 0) is 26.2 Å². The van der Waals surface area contributed by atoms with Crippen molar-refractivity contribution in [3.63, 3.8) is 0 Å². The average molecular weight is 540 g/mol. The van der Waals surface area contributed by atoms with Crippen molar-refractivity contribution in [3.05, 3.63) is 95.3 Å². The van der Waals surface area contributed by atoms with Crippen molar-refractivity contribution >= 4 is 27.5 Å². The summed E-state index contributed by atoms with van der Waals surface area (Å²) in [6.45, 7) is 7.96. The van der Waals surface area contributed by atoms with E-state index in [0.29, 0.717) is 11.3 Å². The number of carbonyl (C=O) groups excluding carboxylic acids is 2. The number of sulfonamides is 1. The average Bonchev–Trinajstić information content (AvgIpc) is 2.88. The third-order valence-corrected chi connectivity index (χ3v) is 7.91. The highest BCUT2D eigenvalue weighted by Gasteiger charge is 2.33. The zero-order valence-corrected chi connectivity index (χ0v) is 23.1. The number of aryl methyl sites for hydroxylation is 2. The number of halogens is 1. The number of benzene rings is 3. The van der Waals surface area contributed by atoms with E-state index in [1.807, 2.05) is 13.0 Å². The topological polar surface area (TPSA) is 86.8 Å². The molecule has 0 unspecified atom stereocenters. The van der Waals surface area contributed by atoms with Gasteiger partial charge in [-0.1, -0.05) is 48.5 Å². The molecule has 0 spiro atoms. The predicted molar refractivity (Wildman–Crippen MR) is 147 cm³/mol. The Hall–Kier alpha value is -3.72. The van der Waals surface area contributed by atoms with E-state index in [0.717, 1.165) is 9.87 Å². The van der Waals surface area contributed by atoms with Crippen LogP contribution in [0.4, 0.5) is 10.1 Å². The standard InChI is InChI=1S/C29H34FN3O4S/c1-20(2)31-29(35)23(5)32(18-24-11-9-10-14-26(24)30)28(34)19-33(27-17-21(3)15-16-22(27)4)38(36,37)25-12-7-6-8-13-25/h6-17,20,23H,18-19H2,1-5H3,(H,31,35)/t23-/m0/s1. The van der Waals surface area contributed by atoms with E-state index in [1.54, 1.807) is 64.1 Å². The SMILES string of the molecule is Cc1ccc(C)c(N(CC(=O)N(Cc2ccccc2F)[C@@H](C)C(=O)NC(C)C)S(=O)(=O)c2ccccc2)c1. The fourth-order valence-corrected chi connectivity index (χ4v) is 5.51. The van der Waals surface area contributed by atoms with Crippen molar-refractivity contribution < 1.29 is 22.4 Å². The van der Waals surface area contributed by atoms with Gasteiger partial charge in [0.05, 0.1) is 10.6 Å². The summed E-state index contributed by atoms with van der Waals surface area (Å²) in [5, 5.41) is 2.78. The molecule has 1 N–H and O–H groups in total. The Morgan fingerprint density at radius 2 is 1.55 bits per heavy atom. The van der Waals surface area contributed by atoms with E-state index in [4.69, 9.17) is 0 Å². The second-order valence-electron chi connectivity index (χ2n) is 9.57. The molecule has 202 valence electrons. The minimum atomic E-state index is -4.16. The second kappa shape index (κ2) is 12.2. The van der Waals surface area contributed by atoms with Crippen LogP contribution in [-0.4, -0.2) is 43.8 Å². The first kappa shape index (κ1) is 28.8. The molecule has 38 heavy (non-hydrogen) atoms. The van der Waals surface area contributed by atoms with Gasteiger partial charge in [-0.2, -0.15) is 0 Å². The molecule has 3 aromatic rings. The maximum atomic E-state index is 14.6. The number of hydrogen-bond donors (Lipinski definition) is 1. The predicted octanol–water partition coefficient (Wildman–Crippen LogP) is 4.58. The lowest BCUT2D eigenvalue weighted by atomic mass is 10.1. The van der Waals surface area contributed by atoms with E-state index in [1.165, 1.54) is 35.2 Å². The van der Waals surface area contributed by atoms with Crippen molar-refractivity contribution in [1.82, 2.24) is 10.2 Å². The molecule has 0 aliphatic heterocycles. The van der Waals surface area contributed by atoms with Gasteiger partial charge in [0, 0.05) is 18.2 Å². The van der Waals surface area contributed by atoms with Crippen LogP contribution in [0.5, 0.6) is 0 Å². The number of anilines is 1. The zero-order chi connectivity index (χ0) is 28.0. The van der Waals surface area contributed by atoms with Gasteiger partial charge in [0.1, 0.15) is 18.4 Å². The minimum Gasteiger partial charge on any atom is -0.352 e. The van der Waals surface area contributed by atoms with E-state index < -0.39 is 40.2 Å². The van der Waals surface area contributed by atoms with Crippen LogP contribution in [0, 0.1) is 19.7 Å². The molecule has 7 nitrogen and oxygen atoms in total. The van der Waals surface area contributed by atoms with Gasteiger partial charge in [-0.3, -0.25) is 13.9 Å². The Morgan fingerprint density at radius 3 is 2.18 bits per heavy atom. The highest BCUT2D eigenvalue weighted by atomic mass is 32.2. The van der Waals surface area contributed by atoms with E-state index in [9.17, 15) is 22.4 Å². The molecular formula is C29H34FN3O4S. The van der Waals surface area contributed by atoms with Crippen LogP contribution >= 0.6 is 0 Å². The molecule has 0 heterocycles. The molecule has 0 saturated heterocycles. The Morgan fingerprint density at radius 1 is 0.921 bits per heavy atom. The largest absolute Gasteiger partial charge is 0.352 e. The first-order chi connectivity index (χ1) is 17.9. The summed E-state index contributed by atoms with van der Waals surface area (Å²) in [6, 6.07) is 18.0. The Balaban J connectivity index is 2.08. The number of nitrogens with zero attached hydrogens (tertiary/aromatic N) is 2. The lowest BCUT2D eigenvalue weighted by Gasteiger charge is -2.33. The summed E-state index contributed by atoms with van der Waals surface area (Å²) in [7, 11) is -4.16. The molecule has 0 radical (unpaired) electrons. The molecule has 0 saturated carbocycles. The summed E-state index contributed by atoms with van der Waals surface area (Å²) in [4.78, 5) is 28.0. The molecule has 0 aliphatic rings. The van der Waals surface area contributed by atoms with Gasteiger partial charge in [-0.05, 0) is 70.0 Å². The van der Waals surface area contributed by atoms with Gasteiger partial charge >= 0.3 is 0 Å². The summed E-state index contributed by atoms with van der Waals surface area (Å²) < 4.78 is 43.3. The highest BCUT2D eigenvalue weighted by Crippen LogP contribution is 2.28. The number of rotatable bonds is 10. The molecule has 2 amide bonds. The second-order valence-corrected chi connectivity index (χ2v) is 11.4. The summed E-state index contributed by atoms with van der Waals surface area (Å²) >= 11 is 0. The fraction of sp³-hybridized carbons (Fsp3) is 0.310. The van der Waals surface area contributed by atoms with Gasteiger partial charge in [-0.15, -0.1) is 0 Å².